The van der Waals surface area contributed by atoms with Gasteiger partial charge in [-0.05, 0) is 39.0 Å². The third-order valence-corrected chi connectivity index (χ3v) is 4.27. The second-order valence-electron chi connectivity index (χ2n) is 6.29. The van der Waals surface area contributed by atoms with Crippen molar-refractivity contribution >= 4 is 16.9 Å². The molecule has 1 aromatic heterocycles. The van der Waals surface area contributed by atoms with Crippen LogP contribution in [0.3, 0.4) is 0 Å². The quantitative estimate of drug-likeness (QED) is 0.937. The molecule has 0 aliphatic carbocycles. The first kappa shape index (κ1) is 15.1. The maximum absolute atomic E-state index is 12.9. The third kappa shape index (κ3) is 2.74. The summed E-state index contributed by atoms with van der Waals surface area (Å²) in [5.41, 5.74) is 7.47. The van der Waals surface area contributed by atoms with Gasteiger partial charge in [-0.25, -0.2) is 0 Å². The van der Waals surface area contributed by atoms with Crippen molar-refractivity contribution in [2.45, 2.75) is 13.0 Å². The predicted octanol–water partition coefficient (Wildman–Crippen LogP) is 1.92. The summed E-state index contributed by atoms with van der Waals surface area (Å²) >= 11 is 0. The number of carbonyl (C=O) groups excluding carboxylic acids is 1. The second kappa shape index (κ2) is 6.10. The Morgan fingerprint density at radius 1 is 1.41 bits per heavy atom. The number of fused-ring (bicyclic) bond motifs is 1. The fourth-order valence-electron chi connectivity index (χ4n) is 3.10. The highest BCUT2D eigenvalue weighted by atomic mass is 16.3. The fourth-order valence-corrected chi connectivity index (χ4v) is 3.10. The molecule has 0 spiro atoms. The van der Waals surface area contributed by atoms with Gasteiger partial charge in [0.25, 0.3) is 5.91 Å². The van der Waals surface area contributed by atoms with Crippen LogP contribution in [0.25, 0.3) is 11.0 Å². The van der Waals surface area contributed by atoms with Gasteiger partial charge in [0.05, 0.1) is 0 Å². The van der Waals surface area contributed by atoms with Crippen molar-refractivity contribution in [2.75, 3.05) is 33.7 Å². The molecule has 118 valence electrons. The van der Waals surface area contributed by atoms with Gasteiger partial charge in [-0.1, -0.05) is 18.2 Å². The number of nitrogens with zero attached hydrogens (tertiary/aromatic N) is 2. The summed E-state index contributed by atoms with van der Waals surface area (Å²) in [6.45, 7) is 2.81. The Morgan fingerprint density at radius 3 is 2.86 bits per heavy atom. The number of amides is 1. The molecule has 1 fully saturated rings. The number of furan rings is 1. The van der Waals surface area contributed by atoms with E-state index in [0.29, 0.717) is 24.8 Å². The van der Waals surface area contributed by atoms with E-state index in [2.05, 4.69) is 4.90 Å². The topological polar surface area (TPSA) is 62.7 Å². The van der Waals surface area contributed by atoms with Crippen LogP contribution in [-0.2, 0) is 6.54 Å². The van der Waals surface area contributed by atoms with Crippen molar-refractivity contribution in [3.8, 4) is 0 Å². The molecule has 2 heterocycles. The summed E-state index contributed by atoms with van der Waals surface area (Å²) in [5.74, 6) is 0.877. The van der Waals surface area contributed by atoms with Crippen LogP contribution in [0.15, 0.2) is 28.7 Å². The highest BCUT2D eigenvalue weighted by Crippen LogP contribution is 2.29. The van der Waals surface area contributed by atoms with E-state index in [9.17, 15) is 4.79 Å². The van der Waals surface area contributed by atoms with Crippen LogP contribution in [0.2, 0.25) is 0 Å². The van der Waals surface area contributed by atoms with E-state index < -0.39 is 0 Å². The van der Waals surface area contributed by atoms with E-state index in [1.54, 1.807) is 0 Å². The highest BCUT2D eigenvalue weighted by molar-refractivity contribution is 5.99. The van der Waals surface area contributed by atoms with E-state index in [4.69, 9.17) is 10.2 Å². The first-order chi connectivity index (χ1) is 10.6. The average molecular weight is 301 g/mol. The number of hydrogen-bond acceptors (Lipinski definition) is 4. The Balaban J connectivity index is 1.97. The van der Waals surface area contributed by atoms with Gasteiger partial charge in [0, 0.05) is 30.6 Å². The monoisotopic (exact) mass is 301 g/mol. The van der Waals surface area contributed by atoms with Gasteiger partial charge >= 0.3 is 0 Å². The molecule has 1 aliphatic rings. The van der Waals surface area contributed by atoms with E-state index >= 15 is 0 Å². The summed E-state index contributed by atoms with van der Waals surface area (Å²) in [5, 5.41) is 1.02. The van der Waals surface area contributed by atoms with E-state index in [-0.39, 0.29) is 5.91 Å². The number of hydrogen-bond donors (Lipinski definition) is 1. The molecule has 2 aromatic rings. The number of carbonyl (C=O) groups is 1. The zero-order valence-electron chi connectivity index (χ0n) is 13.2. The minimum atomic E-state index is -0.0102. The van der Waals surface area contributed by atoms with E-state index in [1.165, 1.54) is 0 Å². The first-order valence-electron chi connectivity index (χ1n) is 7.74. The molecule has 1 aliphatic heterocycles. The molecule has 0 unspecified atom stereocenters. The van der Waals surface area contributed by atoms with Gasteiger partial charge < -0.3 is 20.0 Å². The van der Waals surface area contributed by atoms with Crippen LogP contribution in [0.4, 0.5) is 0 Å². The van der Waals surface area contributed by atoms with Crippen LogP contribution >= 0.6 is 0 Å². The average Bonchev–Trinajstić information content (AvgIpc) is 3.11. The Kier molecular flexibility index (Phi) is 4.18. The molecule has 1 aromatic carbocycles. The van der Waals surface area contributed by atoms with Crippen molar-refractivity contribution in [1.82, 2.24) is 9.80 Å². The molecule has 5 heteroatoms. The SMILES string of the molecule is CN(C)Cc1c(C(=O)N2CC[C@@H](CN)C2)oc2ccccc12. The summed E-state index contributed by atoms with van der Waals surface area (Å²) in [6, 6.07) is 7.84. The molecule has 3 rings (SSSR count). The normalized spacial score (nSPS) is 18.5. The molecular formula is C17H23N3O2. The van der Waals surface area contributed by atoms with Crippen LogP contribution in [0, 0.1) is 5.92 Å². The van der Waals surface area contributed by atoms with Gasteiger partial charge in [0.2, 0.25) is 0 Å². The highest BCUT2D eigenvalue weighted by Gasteiger charge is 2.30. The molecule has 0 saturated carbocycles. The Morgan fingerprint density at radius 2 is 2.18 bits per heavy atom. The summed E-state index contributed by atoms with van der Waals surface area (Å²) < 4.78 is 5.89. The number of para-hydroxylation sites is 1. The lowest BCUT2D eigenvalue weighted by atomic mass is 10.1. The number of likely N-dealkylation sites (tertiary alicyclic amines) is 1. The van der Waals surface area contributed by atoms with E-state index in [0.717, 1.165) is 36.0 Å². The van der Waals surface area contributed by atoms with Crippen LogP contribution in [-0.4, -0.2) is 49.4 Å². The zero-order chi connectivity index (χ0) is 15.7. The van der Waals surface area contributed by atoms with Crippen molar-refractivity contribution in [3.63, 3.8) is 0 Å². The maximum Gasteiger partial charge on any atom is 0.289 e. The first-order valence-corrected chi connectivity index (χ1v) is 7.74. The molecular weight excluding hydrogens is 278 g/mol. The minimum Gasteiger partial charge on any atom is -0.451 e. The molecule has 2 N–H and O–H groups in total. The van der Waals surface area contributed by atoms with Crippen molar-refractivity contribution < 1.29 is 9.21 Å². The summed E-state index contributed by atoms with van der Waals surface area (Å²) in [7, 11) is 3.99. The number of nitrogens with two attached hydrogens (primary N) is 1. The maximum atomic E-state index is 12.9. The molecule has 0 bridgehead atoms. The predicted molar refractivity (Wildman–Crippen MR) is 86.7 cm³/mol. The largest absolute Gasteiger partial charge is 0.451 e. The van der Waals surface area contributed by atoms with Crippen molar-refractivity contribution in [1.29, 1.82) is 0 Å². The number of benzene rings is 1. The van der Waals surface area contributed by atoms with Gasteiger partial charge in [0.1, 0.15) is 5.58 Å². The van der Waals surface area contributed by atoms with Gasteiger partial charge in [-0.3, -0.25) is 4.79 Å². The van der Waals surface area contributed by atoms with Gasteiger partial charge in [-0.2, -0.15) is 0 Å². The fraction of sp³-hybridized carbons (Fsp3) is 0.471. The molecule has 22 heavy (non-hydrogen) atoms. The van der Waals surface area contributed by atoms with Crippen LogP contribution < -0.4 is 5.73 Å². The standard InChI is InChI=1S/C17H23N3O2/c1-19(2)11-14-13-5-3-4-6-15(13)22-16(14)17(21)20-8-7-12(9-18)10-20/h3-6,12H,7-11,18H2,1-2H3/t12-/m0/s1. The summed E-state index contributed by atoms with van der Waals surface area (Å²) in [6.07, 6.45) is 0.978. The molecule has 5 nitrogen and oxygen atoms in total. The lowest BCUT2D eigenvalue weighted by Gasteiger charge is -2.16. The van der Waals surface area contributed by atoms with Crippen LogP contribution in [0.5, 0.6) is 0 Å². The lowest BCUT2D eigenvalue weighted by Crippen LogP contribution is -2.30. The number of rotatable bonds is 4. The van der Waals surface area contributed by atoms with Crippen LogP contribution in [0.1, 0.15) is 22.5 Å². The molecule has 1 saturated heterocycles. The van der Waals surface area contributed by atoms with Crippen molar-refractivity contribution in [3.05, 3.63) is 35.6 Å². The Hall–Kier alpha value is -1.85. The smallest absolute Gasteiger partial charge is 0.289 e. The molecule has 1 amide bonds. The lowest BCUT2D eigenvalue weighted by molar-refractivity contribution is 0.0756. The Labute approximate surface area is 130 Å². The van der Waals surface area contributed by atoms with E-state index in [1.807, 2.05) is 43.3 Å². The Bertz CT molecular complexity index is 678. The van der Waals surface area contributed by atoms with Gasteiger partial charge in [0.15, 0.2) is 5.76 Å². The minimum absolute atomic E-state index is 0.0102. The molecule has 0 radical (unpaired) electrons. The third-order valence-electron chi connectivity index (χ3n) is 4.27. The zero-order valence-corrected chi connectivity index (χ0v) is 13.2. The van der Waals surface area contributed by atoms with Gasteiger partial charge in [-0.15, -0.1) is 0 Å². The molecule has 1 atom stereocenters. The summed E-state index contributed by atoms with van der Waals surface area (Å²) in [4.78, 5) is 16.8. The van der Waals surface area contributed by atoms with Crippen molar-refractivity contribution in [2.24, 2.45) is 11.7 Å². The second-order valence-corrected chi connectivity index (χ2v) is 6.29.